The molecule has 2 aromatic carbocycles. The Balaban J connectivity index is 1.75. The van der Waals surface area contributed by atoms with Gasteiger partial charge in [0, 0.05) is 18.1 Å². The van der Waals surface area contributed by atoms with Crippen molar-refractivity contribution in [1.82, 2.24) is 5.32 Å². The molecule has 0 bridgehead atoms. The molecule has 2 aromatic rings. The molecule has 1 aliphatic heterocycles. The first-order chi connectivity index (χ1) is 12.8. The Labute approximate surface area is 160 Å². The van der Waals surface area contributed by atoms with Crippen LogP contribution in [0, 0.1) is 6.92 Å². The molecule has 0 unspecified atom stereocenters. The fourth-order valence-electron chi connectivity index (χ4n) is 3.32. The van der Waals surface area contributed by atoms with Crippen LogP contribution in [0.2, 0.25) is 0 Å². The van der Waals surface area contributed by atoms with E-state index < -0.39 is 11.7 Å². The Kier molecular flexibility index (Phi) is 5.31. The number of hydrogen-bond acceptors (Lipinski definition) is 4. The molecule has 0 radical (unpaired) electrons. The van der Waals surface area contributed by atoms with Crippen molar-refractivity contribution in [1.29, 1.82) is 0 Å². The van der Waals surface area contributed by atoms with Gasteiger partial charge in [-0.15, -0.1) is 0 Å². The van der Waals surface area contributed by atoms with Gasteiger partial charge in [-0.25, -0.2) is 0 Å². The van der Waals surface area contributed by atoms with Crippen LogP contribution in [0.5, 0.6) is 17.2 Å². The molecule has 1 amide bonds. The number of methoxy groups -OCH3 is 1. The maximum Gasteiger partial charge on any atom is 0.261 e. The summed E-state index contributed by atoms with van der Waals surface area (Å²) in [7, 11) is 1.62. The normalized spacial score (nSPS) is 18.6. The second kappa shape index (κ2) is 7.51. The second-order valence-corrected chi connectivity index (χ2v) is 7.61. The van der Waals surface area contributed by atoms with Gasteiger partial charge < -0.3 is 19.5 Å². The number of benzene rings is 2. The smallest absolute Gasteiger partial charge is 0.261 e. The molecule has 5 nitrogen and oxygen atoms in total. The number of carbonyl (C=O) groups excluding carboxylic acids is 1. The third-order valence-corrected chi connectivity index (χ3v) is 4.67. The Morgan fingerprint density at radius 3 is 2.70 bits per heavy atom. The Morgan fingerprint density at radius 1 is 1.22 bits per heavy atom. The lowest BCUT2D eigenvalue weighted by atomic mass is 9.89. The number of ether oxygens (including phenoxy) is 3. The monoisotopic (exact) mass is 369 g/mol. The Morgan fingerprint density at radius 2 is 2.00 bits per heavy atom. The van der Waals surface area contributed by atoms with Gasteiger partial charge in [-0.3, -0.25) is 4.79 Å². The van der Waals surface area contributed by atoms with Crippen LogP contribution < -0.4 is 19.5 Å². The lowest BCUT2D eigenvalue weighted by Gasteiger charge is -2.38. The van der Waals surface area contributed by atoms with Crippen LogP contribution in [0.25, 0.3) is 0 Å². The molecular weight excluding hydrogens is 342 g/mol. The molecule has 27 heavy (non-hydrogen) atoms. The van der Waals surface area contributed by atoms with Crippen molar-refractivity contribution < 1.29 is 19.0 Å². The highest BCUT2D eigenvalue weighted by molar-refractivity contribution is 5.81. The van der Waals surface area contributed by atoms with E-state index in [2.05, 4.69) is 5.32 Å². The molecule has 0 saturated heterocycles. The van der Waals surface area contributed by atoms with E-state index in [1.807, 2.05) is 63.2 Å². The van der Waals surface area contributed by atoms with Crippen LogP contribution in [0.15, 0.2) is 42.5 Å². The number of carbonyl (C=O) groups is 1. The molecule has 1 aliphatic rings. The third-order valence-electron chi connectivity index (χ3n) is 4.67. The van der Waals surface area contributed by atoms with Crippen LogP contribution in [-0.4, -0.2) is 24.7 Å². The number of fused-ring (bicyclic) bond motifs is 1. The van der Waals surface area contributed by atoms with Gasteiger partial charge in [0.15, 0.2) is 6.10 Å². The first kappa shape index (κ1) is 19.1. The maximum absolute atomic E-state index is 12.7. The minimum Gasteiger partial charge on any atom is -0.497 e. The largest absolute Gasteiger partial charge is 0.497 e. The number of rotatable bonds is 5. The van der Waals surface area contributed by atoms with Crippen LogP contribution >= 0.6 is 0 Å². The van der Waals surface area contributed by atoms with Crippen molar-refractivity contribution in [3.05, 3.63) is 53.6 Å². The van der Waals surface area contributed by atoms with Gasteiger partial charge in [0.1, 0.15) is 22.8 Å². The topological polar surface area (TPSA) is 56.8 Å². The molecule has 5 heteroatoms. The first-order valence-electron chi connectivity index (χ1n) is 9.18. The average Bonchev–Trinajstić information content (AvgIpc) is 2.60. The minimum atomic E-state index is -0.598. The quantitative estimate of drug-likeness (QED) is 0.859. The van der Waals surface area contributed by atoms with Crippen LogP contribution in [0.3, 0.4) is 0 Å². The predicted octanol–water partition coefficient (Wildman–Crippen LogP) is 4.19. The summed E-state index contributed by atoms with van der Waals surface area (Å²) in [5, 5.41) is 3.12. The van der Waals surface area contributed by atoms with E-state index in [0.29, 0.717) is 12.2 Å². The van der Waals surface area contributed by atoms with Gasteiger partial charge in [-0.1, -0.05) is 12.1 Å². The van der Waals surface area contributed by atoms with E-state index in [-0.39, 0.29) is 11.9 Å². The summed E-state index contributed by atoms with van der Waals surface area (Å²) in [5.74, 6) is 2.01. The zero-order valence-corrected chi connectivity index (χ0v) is 16.5. The van der Waals surface area contributed by atoms with Crippen LogP contribution in [-0.2, 0) is 4.79 Å². The molecule has 0 spiro atoms. The Bertz CT molecular complexity index is 831. The van der Waals surface area contributed by atoms with E-state index >= 15 is 0 Å². The van der Waals surface area contributed by atoms with Gasteiger partial charge in [0.2, 0.25) is 0 Å². The van der Waals surface area contributed by atoms with Crippen molar-refractivity contribution in [3.63, 3.8) is 0 Å². The number of amides is 1. The van der Waals surface area contributed by atoms with Crippen LogP contribution in [0.4, 0.5) is 0 Å². The fourth-order valence-corrected chi connectivity index (χ4v) is 3.32. The molecular formula is C22H27NO4. The van der Waals surface area contributed by atoms with Gasteiger partial charge in [0.05, 0.1) is 13.2 Å². The lowest BCUT2D eigenvalue weighted by molar-refractivity contribution is -0.128. The minimum absolute atomic E-state index is 0.147. The van der Waals surface area contributed by atoms with Crippen molar-refractivity contribution in [2.24, 2.45) is 0 Å². The van der Waals surface area contributed by atoms with Crippen LogP contribution in [0.1, 0.15) is 44.4 Å². The van der Waals surface area contributed by atoms with Crippen molar-refractivity contribution in [2.45, 2.75) is 51.9 Å². The molecule has 0 aromatic heterocycles. The SMILES string of the molecule is COc1ccc2c(c1)OC(C)(C)C[C@@H]2NC(=O)[C@@H](C)Oc1cccc(C)c1. The van der Waals surface area contributed by atoms with Gasteiger partial charge in [-0.05, 0) is 57.5 Å². The second-order valence-electron chi connectivity index (χ2n) is 7.61. The summed E-state index contributed by atoms with van der Waals surface area (Å²) in [4.78, 5) is 12.7. The number of aryl methyl sites for hydroxylation is 1. The molecule has 144 valence electrons. The van der Waals surface area contributed by atoms with Gasteiger partial charge >= 0.3 is 0 Å². The summed E-state index contributed by atoms with van der Waals surface area (Å²) < 4.78 is 17.2. The van der Waals surface area contributed by atoms with E-state index in [1.165, 1.54) is 0 Å². The predicted molar refractivity (Wildman–Crippen MR) is 104 cm³/mol. The maximum atomic E-state index is 12.7. The lowest BCUT2D eigenvalue weighted by Crippen LogP contribution is -2.44. The summed E-state index contributed by atoms with van der Waals surface area (Å²) in [6, 6.07) is 13.2. The Hall–Kier alpha value is -2.69. The van der Waals surface area contributed by atoms with Gasteiger partial charge in [-0.2, -0.15) is 0 Å². The molecule has 1 heterocycles. The van der Waals surface area contributed by atoms with E-state index in [0.717, 1.165) is 22.6 Å². The number of nitrogens with one attached hydrogen (secondary N) is 1. The van der Waals surface area contributed by atoms with Crippen molar-refractivity contribution in [3.8, 4) is 17.2 Å². The molecule has 0 aliphatic carbocycles. The van der Waals surface area contributed by atoms with Gasteiger partial charge in [0.25, 0.3) is 5.91 Å². The van der Waals surface area contributed by atoms with E-state index in [9.17, 15) is 4.79 Å². The highest BCUT2D eigenvalue weighted by Crippen LogP contribution is 2.41. The van der Waals surface area contributed by atoms with E-state index in [4.69, 9.17) is 14.2 Å². The summed E-state index contributed by atoms with van der Waals surface area (Å²) in [6.45, 7) is 7.78. The highest BCUT2D eigenvalue weighted by atomic mass is 16.5. The summed E-state index contributed by atoms with van der Waals surface area (Å²) >= 11 is 0. The summed E-state index contributed by atoms with van der Waals surface area (Å²) in [6.07, 6.45) is 0.0781. The average molecular weight is 369 g/mol. The zero-order chi connectivity index (χ0) is 19.6. The fraction of sp³-hybridized carbons (Fsp3) is 0.409. The molecule has 1 N–H and O–H groups in total. The standard InChI is InChI=1S/C22H27NO4/c1-14-7-6-8-17(11-14)26-15(2)21(24)23-19-13-22(3,4)27-20-12-16(25-5)9-10-18(19)20/h6-12,15,19H,13H2,1-5H3,(H,23,24)/t15-,19+/m1/s1. The third kappa shape index (κ3) is 4.54. The van der Waals surface area contributed by atoms with Crippen molar-refractivity contribution in [2.75, 3.05) is 7.11 Å². The zero-order valence-electron chi connectivity index (χ0n) is 16.5. The number of hydrogen-bond donors (Lipinski definition) is 1. The van der Waals surface area contributed by atoms with E-state index in [1.54, 1.807) is 14.0 Å². The first-order valence-corrected chi connectivity index (χ1v) is 9.18. The van der Waals surface area contributed by atoms with Crippen molar-refractivity contribution >= 4 is 5.91 Å². The molecule has 0 saturated carbocycles. The molecule has 2 atom stereocenters. The summed E-state index contributed by atoms with van der Waals surface area (Å²) in [5.41, 5.74) is 1.65. The molecule has 0 fully saturated rings. The molecule has 3 rings (SSSR count). The highest BCUT2D eigenvalue weighted by Gasteiger charge is 2.35.